The molecule has 1 saturated heterocycles. The lowest BCUT2D eigenvalue weighted by molar-refractivity contribution is -0.121. The van der Waals surface area contributed by atoms with E-state index in [0.717, 1.165) is 31.6 Å². The number of primary amides is 1. The fourth-order valence-corrected chi connectivity index (χ4v) is 2.54. The molecule has 1 fully saturated rings. The number of aromatic hydroxyl groups is 1. The summed E-state index contributed by atoms with van der Waals surface area (Å²) in [4.78, 5) is 13.3. The summed E-state index contributed by atoms with van der Waals surface area (Å²) in [5.41, 5.74) is 6.40. The maximum absolute atomic E-state index is 11.1. The van der Waals surface area contributed by atoms with Crippen LogP contribution in [0.5, 0.6) is 5.75 Å². The van der Waals surface area contributed by atoms with Gasteiger partial charge < -0.3 is 10.8 Å². The van der Waals surface area contributed by atoms with Gasteiger partial charge in [0.15, 0.2) is 0 Å². The van der Waals surface area contributed by atoms with E-state index in [1.807, 2.05) is 12.1 Å². The molecule has 2 rings (SSSR count). The number of phenolic OH excluding ortho intramolecular Hbond substituents is 1. The molecule has 92 valence electrons. The van der Waals surface area contributed by atoms with Gasteiger partial charge in [0.1, 0.15) is 5.75 Å². The van der Waals surface area contributed by atoms with Crippen LogP contribution in [0.15, 0.2) is 22.7 Å². The summed E-state index contributed by atoms with van der Waals surface area (Å²) in [6.07, 6.45) is 0.842. The lowest BCUT2D eigenvalue weighted by Gasteiger charge is -2.15. The van der Waals surface area contributed by atoms with Crippen molar-refractivity contribution in [3.05, 3.63) is 28.2 Å². The minimum atomic E-state index is -0.209. The highest BCUT2D eigenvalue weighted by atomic mass is 79.9. The molecule has 1 aliphatic heterocycles. The number of nitrogens with two attached hydrogens (primary N) is 1. The molecule has 0 spiro atoms. The molecule has 1 unspecified atom stereocenters. The first-order chi connectivity index (χ1) is 8.06. The number of rotatable bonds is 3. The van der Waals surface area contributed by atoms with Crippen LogP contribution >= 0.6 is 15.9 Å². The molecule has 0 aromatic heterocycles. The first-order valence-corrected chi connectivity index (χ1v) is 6.34. The molecule has 1 amide bonds. The Hall–Kier alpha value is -1.07. The first-order valence-electron chi connectivity index (χ1n) is 5.55. The Morgan fingerprint density at radius 2 is 2.35 bits per heavy atom. The predicted molar refractivity (Wildman–Crippen MR) is 68.4 cm³/mol. The van der Waals surface area contributed by atoms with Gasteiger partial charge in [-0.25, -0.2) is 0 Å². The van der Waals surface area contributed by atoms with Gasteiger partial charge in [-0.1, -0.05) is 6.07 Å². The number of amides is 1. The molecule has 0 aliphatic carbocycles. The van der Waals surface area contributed by atoms with Gasteiger partial charge >= 0.3 is 0 Å². The van der Waals surface area contributed by atoms with E-state index in [0.29, 0.717) is 4.47 Å². The van der Waals surface area contributed by atoms with E-state index < -0.39 is 0 Å². The third kappa shape index (κ3) is 2.98. The SMILES string of the molecule is NC(=O)C1CCN(Cc2ccc(O)c(Br)c2)C1. The van der Waals surface area contributed by atoms with E-state index >= 15 is 0 Å². The van der Waals surface area contributed by atoms with Gasteiger partial charge in [-0.05, 0) is 46.6 Å². The Labute approximate surface area is 109 Å². The second-order valence-corrected chi connectivity index (χ2v) is 5.26. The predicted octanol–water partition coefficient (Wildman–Crippen LogP) is 1.46. The maximum Gasteiger partial charge on any atom is 0.221 e. The largest absolute Gasteiger partial charge is 0.507 e. The fraction of sp³-hybridized carbons (Fsp3) is 0.417. The number of phenols is 1. The molecule has 1 heterocycles. The smallest absolute Gasteiger partial charge is 0.221 e. The molecule has 5 heteroatoms. The zero-order chi connectivity index (χ0) is 12.4. The highest BCUT2D eigenvalue weighted by Crippen LogP contribution is 2.26. The number of hydrogen-bond acceptors (Lipinski definition) is 3. The van der Waals surface area contributed by atoms with Crippen LogP contribution in [0.2, 0.25) is 0 Å². The number of carbonyl (C=O) groups excluding carboxylic acids is 1. The Morgan fingerprint density at radius 1 is 1.59 bits per heavy atom. The Bertz CT molecular complexity index is 437. The molecule has 0 saturated carbocycles. The van der Waals surface area contributed by atoms with Crippen LogP contribution in [0.25, 0.3) is 0 Å². The van der Waals surface area contributed by atoms with Crippen LogP contribution in [0.1, 0.15) is 12.0 Å². The average Bonchev–Trinajstić information content (AvgIpc) is 2.72. The number of nitrogens with zero attached hydrogens (tertiary/aromatic N) is 1. The monoisotopic (exact) mass is 298 g/mol. The summed E-state index contributed by atoms with van der Waals surface area (Å²) in [7, 11) is 0. The van der Waals surface area contributed by atoms with E-state index in [2.05, 4.69) is 20.8 Å². The highest BCUT2D eigenvalue weighted by molar-refractivity contribution is 9.10. The van der Waals surface area contributed by atoms with Crippen molar-refractivity contribution in [2.24, 2.45) is 11.7 Å². The zero-order valence-electron chi connectivity index (χ0n) is 9.40. The Balaban J connectivity index is 1.98. The van der Waals surface area contributed by atoms with Crippen molar-refractivity contribution in [2.75, 3.05) is 13.1 Å². The van der Waals surface area contributed by atoms with Gasteiger partial charge in [-0.15, -0.1) is 0 Å². The van der Waals surface area contributed by atoms with E-state index in [1.54, 1.807) is 6.07 Å². The molecule has 1 aromatic carbocycles. The van der Waals surface area contributed by atoms with Crippen LogP contribution in [0, 0.1) is 5.92 Å². The van der Waals surface area contributed by atoms with E-state index in [4.69, 9.17) is 5.73 Å². The second-order valence-electron chi connectivity index (χ2n) is 4.41. The lowest BCUT2D eigenvalue weighted by Crippen LogP contribution is -2.27. The van der Waals surface area contributed by atoms with Crippen LogP contribution in [-0.2, 0) is 11.3 Å². The number of halogens is 1. The van der Waals surface area contributed by atoms with E-state index in [1.165, 1.54) is 0 Å². The Kier molecular flexibility index (Phi) is 3.69. The van der Waals surface area contributed by atoms with Crippen LogP contribution in [0.4, 0.5) is 0 Å². The number of benzene rings is 1. The number of carbonyl (C=O) groups is 1. The highest BCUT2D eigenvalue weighted by Gasteiger charge is 2.26. The third-order valence-corrected chi connectivity index (χ3v) is 3.73. The first kappa shape index (κ1) is 12.4. The van der Waals surface area contributed by atoms with Crippen molar-refractivity contribution in [3.63, 3.8) is 0 Å². The molecule has 0 radical (unpaired) electrons. The third-order valence-electron chi connectivity index (χ3n) is 3.09. The minimum Gasteiger partial charge on any atom is -0.507 e. The molecule has 1 aromatic rings. The van der Waals surface area contributed by atoms with Crippen molar-refractivity contribution in [3.8, 4) is 5.75 Å². The van der Waals surface area contributed by atoms with Crippen molar-refractivity contribution in [2.45, 2.75) is 13.0 Å². The van der Waals surface area contributed by atoms with Gasteiger partial charge in [0.25, 0.3) is 0 Å². The van der Waals surface area contributed by atoms with Crippen molar-refractivity contribution >= 4 is 21.8 Å². The van der Waals surface area contributed by atoms with Gasteiger partial charge in [-0.3, -0.25) is 9.69 Å². The molecular weight excluding hydrogens is 284 g/mol. The Morgan fingerprint density at radius 3 is 2.94 bits per heavy atom. The van der Waals surface area contributed by atoms with E-state index in [9.17, 15) is 9.90 Å². The summed E-state index contributed by atoms with van der Waals surface area (Å²) in [6.45, 7) is 2.41. The molecular formula is C12H15BrN2O2. The van der Waals surface area contributed by atoms with Crippen LogP contribution < -0.4 is 5.73 Å². The maximum atomic E-state index is 11.1. The normalized spacial score (nSPS) is 20.6. The zero-order valence-corrected chi connectivity index (χ0v) is 11.0. The van der Waals surface area contributed by atoms with E-state index in [-0.39, 0.29) is 17.6 Å². The standard InChI is InChI=1S/C12H15BrN2O2/c13-10-5-8(1-2-11(10)16)6-15-4-3-9(7-15)12(14)17/h1-2,5,9,16H,3-4,6-7H2,(H2,14,17). The quantitative estimate of drug-likeness (QED) is 0.888. The van der Waals surface area contributed by atoms with Gasteiger partial charge in [0.05, 0.1) is 10.4 Å². The number of hydrogen-bond donors (Lipinski definition) is 2. The molecule has 1 aliphatic rings. The lowest BCUT2D eigenvalue weighted by atomic mass is 10.1. The summed E-state index contributed by atoms with van der Waals surface area (Å²) in [6, 6.07) is 5.45. The average molecular weight is 299 g/mol. The summed E-state index contributed by atoms with van der Waals surface area (Å²) in [5.74, 6) is 0.0140. The summed E-state index contributed by atoms with van der Waals surface area (Å²) in [5, 5.41) is 9.40. The summed E-state index contributed by atoms with van der Waals surface area (Å²) < 4.78 is 0.695. The molecule has 1 atom stereocenters. The topological polar surface area (TPSA) is 66.6 Å². The minimum absolute atomic E-state index is 0.0180. The van der Waals surface area contributed by atoms with Crippen molar-refractivity contribution < 1.29 is 9.90 Å². The van der Waals surface area contributed by atoms with Crippen molar-refractivity contribution in [1.82, 2.24) is 4.90 Å². The molecule has 3 N–H and O–H groups in total. The molecule has 17 heavy (non-hydrogen) atoms. The van der Waals surface area contributed by atoms with Gasteiger partial charge in [0.2, 0.25) is 5.91 Å². The summed E-state index contributed by atoms with van der Waals surface area (Å²) >= 11 is 3.29. The van der Waals surface area contributed by atoms with Gasteiger partial charge in [0, 0.05) is 13.1 Å². The fourth-order valence-electron chi connectivity index (χ4n) is 2.12. The van der Waals surface area contributed by atoms with Gasteiger partial charge in [-0.2, -0.15) is 0 Å². The number of likely N-dealkylation sites (tertiary alicyclic amines) is 1. The molecule has 4 nitrogen and oxygen atoms in total. The van der Waals surface area contributed by atoms with Crippen LogP contribution in [-0.4, -0.2) is 29.0 Å². The van der Waals surface area contributed by atoms with Crippen molar-refractivity contribution in [1.29, 1.82) is 0 Å². The van der Waals surface area contributed by atoms with Crippen LogP contribution in [0.3, 0.4) is 0 Å². The molecule has 0 bridgehead atoms. The second kappa shape index (κ2) is 5.06.